The SMILES string of the molecule is CCCCCCC(NN)c1cccc(C)c1. The number of hydrazine groups is 1. The monoisotopic (exact) mass is 220 g/mol. The molecule has 0 heterocycles. The Bertz CT molecular complexity index is 297. The summed E-state index contributed by atoms with van der Waals surface area (Å²) >= 11 is 0. The molecule has 0 aliphatic carbocycles. The first-order chi connectivity index (χ1) is 7.77. The molecule has 90 valence electrons. The first-order valence-electron chi connectivity index (χ1n) is 6.30. The highest BCUT2D eigenvalue weighted by atomic mass is 15.2. The Balaban J connectivity index is 2.47. The summed E-state index contributed by atoms with van der Waals surface area (Å²) in [6, 6.07) is 8.88. The molecular weight excluding hydrogens is 196 g/mol. The first-order valence-corrected chi connectivity index (χ1v) is 6.30. The average Bonchev–Trinajstić information content (AvgIpc) is 2.29. The maximum atomic E-state index is 5.62. The number of nitrogens with one attached hydrogen (secondary N) is 1. The highest BCUT2D eigenvalue weighted by molar-refractivity contribution is 5.24. The number of rotatable bonds is 7. The molecule has 0 aliphatic rings. The van der Waals surface area contributed by atoms with E-state index in [0.717, 1.165) is 6.42 Å². The molecule has 0 amide bonds. The predicted octanol–water partition coefficient (Wildman–Crippen LogP) is 3.47. The summed E-state index contributed by atoms with van der Waals surface area (Å²) in [6.07, 6.45) is 6.29. The lowest BCUT2D eigenvalue weighted by Crippen LogP contribution is -2.28. The van der Waals surface area contributed by atoms with E-state index in [0.29, 0.717) is 6.04 Å². The standard InChI is InChI=1S/C14H24N2/c1-3-4-5-6-10-14(16-15)13-9-7-8-12(2)11-13/h7-9,11,14,16H,3-6,10,15H2,1-2H3. The van der Waals surface area contributed by atoms with Crippen LogP contribution in [-0.2, 0) is 0 Å². The number of benzene rings is 1. The van der Waals surface area contributed by atoms with E-state index in [1.165, 1.54) is 36.8 Å². The number of aryl methyl sites for hydroxylation is 1. The van der Waals surface area contributed by atoms with E-state index < -0.39 is 0 Å². The van der Waals surface area contributed by atoms with Crippen molar-refractivity contribution in [2.24, 2.45) is 5.84 Å². The summed E-state index contributed by atoms with van der Waals surface area (Å²) in [7, 11) is 0. The van der Waals surface area contributed by atoms with Crippen LogP contribution in [0.2, 0.25) is 0 Å². The average molecular weight is 220 g/mol. The molecule has 16 heavy (non-hydrogen) atoms. The minimum Gasteiger partial charge on any atom is -0.271 e. The third kappa shape index (κ3) is 4.33. The van der Waals surface area contributed by atoms with Gasteiger partial charge in [-0.3, -0.25) is 11.3 Å². The van der Waals surface area contributed by atoms with Gasteiger partial charge in [0.1, 0.15) is 0 Å². The number of unbranched alkanes of at least 4 members (excludes halogenated alkanes) is 3. The van der Waals surface area contributed by atoms with Crippen LogP contribution in [0.3, 0.4) is 0 Å². The van der Waals surface area contributed by atoms with Crippen LogP contribution >= 0.6 is 0 Å². The minimum absolute atomic E-state index is 0.303. The van der Waals surface area contributed by atoms with Crippen molar-refractivity contribution >= 4 is 0 Å². The van der Waals surface area contributed by atoms with Gasteiger partial charge in [0.25, 0.3) is 0 Å². The molecule has 0 saturated carbocycles. The Hall–Kier alpha value is -0.860. The fourth-order valence-corrected chi connectivity index (χ4v) is 2.01. The van der Waals surface area contributed by atoms with Crippen molar-refractivity contribution in [2.75, 3.05) is 0 Å². The van der Waals surface area contributed by atoms with Gasteiger partial charge in [-0.15, -0.1) is 0 Å². The second kappa shape index (κ2) is 7.42. The van der Waals surface area contributed by atoms with Gasteiger partial charge >= 0.3 is 0 Å². The summed E-state index contributed by atoms with van der Waals surface area (Å²) in [5.41, 5.74) is 5.52. The van der Waals surface area contributed by atoms with Gasteiger partial charge in [-0.1, -0.05) is 62.4 Å². The number of hydrogen-bond acceptors (Lipinski definition) is 2. The molecule has 0 spiro atoms. The van der Waals surface area contributed by atoms with Gasteiger partial charge in [0.05, 0.1) is 0 Å². The summed E-state index contributed by atoms with van der Waals surface area (Å²) in [5, 5.41) is 0. The van der Waals surface area contributed by atoms with Crippen LogP contribution in [0, 0.1) is 6.92 Å². The van der Waals surface area contributed by atoms with Crippen LogP contribution in [-0.4, -0.2) is 0 Å². The van der Waals surface area contributed by atoms with E-state index >= 15 is 0 Å². The van der Waals surface area contributed by atoms with Gasteiger partial charge < -0.3 is 0 Å². The fraction of sp³-hybridized carbons (Fsp3) is 0.571. The third-order valence-electron chi connectivity index (χ3n) is 2.99. The molecule has 1 aromatic carbocycles. The molecule has 0 saturated heterocycles. The fourth-order valence-electron chi connectivity index (χ4n) is 2.01. The largest absolute Gasteiger partial charge is 0.271 e. The maximum absolute atomic E-state index is 5.62. The highest BCUT2D eigenvalue weighted by Gasteiger charge is 2.08. The van der Waals surface area contributed by atoms with E-state index in [-0.39, 0.29) is 0 Å². The molecule has 1 atom stereocenters. The van der Waals surface area contributed by atoms with Gasteiger partial charge in [-0.2, -0.15) is 0 Å². The topological polar surface area (TPSA) is 38.0 Å². The lowest BCUT2D eigenvalue weighted by Gasteiger charge is -2.16. The van der Waals surface area contributed by atoms with Crippen molar-refractivity contribution in [1.82, 2.24) is 5.43 Å². The smallest absolute Gasteiger partial charge is 0.0460 e. The molecule has 0 aromatic heterocycles. The van der Waals surface area contributed by atoms with Crippen LogP contribution in [0.4, 0.5) is 0 Å². The maximum Gasteiger partial charge on any atom is 0.0460 e. The van der Waals surface area contributed by atoms with Crippen LogP contribution < -0.4 is 11.3 Å². The van der Waals surface area contributed by atoms with E-state index in [2.05, 4.69) is 43.5 Å². The molecular formula is C14H24N2. The molecule has 0 aliphatic heterocycles. The Labute approximate surface area is 99.2 Å². The lowest BCUT2D eigenvalue weighted by molar-refractivity contribution is 0.482. The van der Waals surface area contributed by atoms with Gasteiger partial charge in [0.2, 0.25) is 0 Å². The number of hydrogen-bond donors (Lipinski definition) is 2. The zero-order chi connectivity index (χ0) is 11.8. The van der Waals surface area contributed by atoms with Crippen molar-refractivity contribution < 1.29 is 0 Å². The van der Waals surface area contributed by atoms with E-state index in [1.54, 1.807) is 0 Å². The van der Waals surface area contributed by atoms with Gasteiger partial charge in [0, 0.05) is 6.04 Å². The molecule has 1 rings (SSSR count). The molecule has 1 unspecified atom stereocenters. The molecule has 3 N–H and O–H groups in total. The summed E-state index contributed by atoms with van der Waals surface area (Å²) in [6.45, 7) is 4.35. The van der Waals surface area contributed by atoms with Gasteiger partial charge in [-0.25, -0.2) is 0 Å². The zero-order valence-electron chi connectivity index (χ0n) is 10.5. The summed E-state index contributed by atoms with van der Waals surface area (Å²) in [5.74, 6) is 5.62. The summed E-state index contributed by atoms with van der Waals surface area (Å²) in [4.78, 5) is 0. The Morgan fingerprint density at radius 1 is 1.25 bits per heavy atom. The van der Waals surface area contributed by atoms with Crippen LogP contribution in [0.15, 0.2) is 24.3 Å². The van der Waals surface area contributed by atoms with Crippen molar-refractivity contribution in [3.05, 3.63) is 35.4 Å². The summed E-state index contributed by atoms with van der Waals surface area (Å²) < 4.78 is 0. The lowest BCUT2D eigenvalue weighted by atomic mass is 9.99. The Morgan fingerprint density at radius 3 is 2.69 bits per heavy atom. The highest BCUT2D eigenvalue weighted by Crippen LogP contribution is 2.20. The van der Waals surface area contributed by atoms with Gasteiger partial charge in [0.15, 0.2) is 0 Å². The quantitative estimate of drug-likeness (QED) is 0.419. The van der Waals surface area contributed by atoms with E-state index in [4.69, 9.17) is 5.84 Å². The van der Waals surface area contributed by atoms with Crippen molar-refractivity contribution in [2.45, 2.75) is 52.0 Å². The second-order valence-corrected chi connectivity index (χ2v) is 4.48. The third-order valence-corrected chi connectivity index (χ3v) is 2.99. The van der Waals surface area contributed by atoms with Crippen LogP contribution in [0.5, 0.6) is 0 Å². The van der Waals surface area contributed by atoms with Crippen molar-refractivity contribution in [3.63, 3.8) is 0 Å². The predicted molar refractivity (Wildman–Crippen MR) is 70.0 cm³/mol. The van der Waals surface area contributed by atoms with Crippen molar-refractivity contribution in [1.29, 1.82) is 0 Å². The minimum atomic E-state index is 0.303. The van der Waals surface area contributed by atoms with Crippen LogP contribution in [0.25, 0.3) is 0 Å². The molecule has 2 heteroatoms. The molecule has 0 radical (unpaired) electrons. The van der Waals surface area contributed by atoms with E-state index in [1.807, 2.05) is 0 Å². The molecule has 0 bridgehead atoms. The molecule has 0 fully saturated rings. The Kier molecular flexibility index (Phi) is 6.12. The Morgan fingerprint density at radius 2 is 2.06 bits per heavy atom. The first kappa shape index (κ1) is 13.2. The molecule has 1 aromatic rings. The second-order valence-electron chi connectivity index (χ2n) is 4.48. The normalized spacial score (nSPS) is 12.7. The molecule has 2 nitrogen and oxygen atoms in total. The number of nitrogens with two attached hydrogens (primary N) is 1. The van der Waals surface area contributed by atoms with E-state index in [9.17, 15) is 0 Å². The van der Waals surface area contributed by atoms with Crippen molar-refractivity contribution in [3.8, 4) is 0 Å². The zero-order valence-corrected chi connectivity index (χ0v) is 10.5. The van der Waals surface area contributed by atoms with Gasteiger partial charge in [-0.05, 0) is 18.9 Å². The van der Waals surface area contributed by atoms with Crippen LogP contribution in [0.1, 0.15) is 56.2 Å².